The summed E-state index contributed by atoms with van der Waals surface area (Å²) in [5, 5.41) is 11.7. The van der Waals surface area contributed by atoms with Crippen molar-refractivity contribution in [3.63, 3.8) is 0 Å². The molecular formula is C11H14FN3O5. The summed E-state index contributed by atoms with van der Waals surface area (Å²) < 4.78 is 24.2. The molecule has 8 nitrogen and oxygen atoms in total. The second-order valence-corrected chi connectivity index (χ2v) is 4.38. The van der Waals surface area contributed by atoms with Crippen LogP contribution in [0.5, 0.6) is 0 Å². The van der Waals surface area contributed by atoms with Gasteiger partial charge in [-0.2, -0.15) is 4.98 Å². The van der Waals surface area contributed by atoms with Crippen LogP contribution in [0.15, 0.2) is 11.0 Å². The van der Waals surface area contributed by atoms with E-state index in [9.17, 15) is 19.1 Å². The molecule has 0 spiro atoms. The molecule has 3 atom stereocenters. The van der Waals surface area contributed by atoms with Crippen molar-refractivity contribution in [3.05, 3.63) is 22.5 Å². The zero-order valence-corrected chi connectivity index (χ0v) is 10.9. The second kappa shape index (κ2) is 5.55. The van der Waals surface area contributed by atoms with Gasteiger partial charge in [-0.25, -0.2) is 14.0 Å². The van der Waals surface area contributed by atoms with E-state index < -0.39 is 35.7 Å². The van der Waals surface area contributed by atoms with Crippen LogP contribution < -0.4 is 11.0 Å². The fourth-order valence-electron chi connectivity index (χ4n) is 1.95. The number of methoxy groups -OCH3 is 1. The van der Waals surface area contributed by atoms with Gasteiger partial charge in [-0.3, -0.25) is 9.88 Å². The molecule has 2 N–H and O–H groups in total. The van der Waals surface area contributed by atoms with Crippen molar-refractivity contribution in [1.82, 2.24) is 9.55 Å². The topological polar surface area (TPSA) is 103 Å². The number of nitrogens with zero attached hydrogens (tertiary/aromatic N) is 2. The molecule has 0 aromatic carbocycles. The monoisotopic (exact) mass is 287 g/mol. The van der Waals surface area contributed by atoms with E-state index >= 15 is 0 Å². The summed E-state index contributed by atoms with van der Waals surface area (Å²) >= 11 is 0. The minimum Gasteiger partial charge on any atom is -0.453 e. The molecule has 1 amide bonds. The van der Waals surface area contributed by atoms with E-state index in [1.807, 2.05) is 5.32 Å². The average Bonchev–Trinajstić information content (AvgIpc) is 2.72. The molecule has 1 aromatic heterocycles. The highest BCUT2D eigenvalue weighted by molar-refractivity contribution is 5.83. The Kier molecular flexibility index (Phi) is 4.00. The second-order valence-electron chi connectivity index (χ2n) is 4.38. The van der Waals surface area contributed by atoms with Gasteiger partial charge in [0.25, 0.3) is 0 Å². The number of nitrogens with one attached hydrogen (secondary N) is 1. The zero-order chi connectivity index (χ0) is 14.9. The minimum atomic E-state index is -0.994. The van der Waals surface area contributed by atoms with Crippen molar-refractivity contribution in [2.45, 2.75) is 31.8 Å². The molecule has 1 aromatic rings. The average molecular weight is 287 g/mol. The summed E-state index contributed by atoms with van der Waals surface area (Å²) in [7, 11) is 1.10. The van der Waals surface area contributed by atoms with Gasteiger partial charge in [-0.1, -0.05) is 0 Å². The van der Waals surface area contributed by atoms with Crippen molar-refractivity contribution >= 4 is 11.9 Å². The summed E-state index contributed by atoms with van der Waals surface area (Å²) in [4.78, 5) is 26.2. The van der Waals surface area contributed by atoms with Gasteiger partial charge in [0, 0.05) is 6.42 Å². The van der Waals surface area contributed by atoms with Gasteiger partial charge in [0.2, 0.25) is 0 Å². The highest BCUT2D eigenvalue weighted by atomic mass is 19.1. The van der Waals surface area contributed by atoms with E-state index in [1.165, 1.54) is 0 Å². The lowest BCUT2D eigenvalue weighted by Crippen LogP contribution is -2.33. The first-order chi connectivity index (χ1) is 9.42. The maximum absolute atomic E-state index is 13.8. The highest BCUT2D eigenvalue weighted by Gasteiger charge is 2.34. The van der Waals surface area contributed by atoms with Crippen molar-refractivity contribution in [2.75, 3.05) is 12.4 Å². The Balaban J connectivity index is 2.31. The van der Waals surface area contributed by atoms with Gasteiger partial charge < -0.3 is 14.6 Å². The third kappa shape index (κ3) is 2.78. The normalized spacial score (nSPS) is 25.5. The van der Waals surface area contributed by atoms with Crippen molar-refractivity contribution in [2.24, 2.45) is 0 Å². The summed E-state index contributed by atoms with van der Waals surface area (Å²) in [6.07, 6.45) is -1.96. The van der Waals surface area contributed by atoms with Gasteiger partial charge in [0.1, 0.15) is 6.10 Å². The lowest BCUT2D eigenvalue weighted by atomic mass is 10.2. The van der Waals surface area contributed by atoms with Crippen LogP contribution >= 0.6 is 0 Å². The third-order valence-electron chi connectivity index (χ3n) is 2.86. The van der Waals surface area contributed by atoms with Crippen LogP contribution in [0.1, 0.15) is 19.6 Å². The smallest absolute Gasteiger partial charge is 0.412 e. The number of hydrogen-bond acceptors (Lipinski definition) is 6. The summed E-state index contributed by atoms with van der Waals surface area (Å²) in [6.45, 7) is 1.73. The number of halogens is 1. The van der Waals surface area contributed by atoms with Crippen molar-refractivity contribution < 1.29 is 23.8 Å². The predicted molar refractivity (Wildman–Crippen MR) is 64.7 cm³/mol. The van der Waals surface area contributed by atoms with Crippen molar-refractivity contribution in [1.29, 1.82) is 0 Å². The molecule has 1 fully saturated rings. The molecule has 2 heterocycles. The number of carbonyl (C=O) groups is 1. The molecule has 1 saturated heterocycles. The molecular weight excluding hydrogens is 273 g/mol. The number of aliphatic hydroxyl groups is 1. The molecule has 0 saturated carbocycles. The zero-order valence-electron chi connectivity index (χ0n) is 10.9. The van der Waals surface area contributed by atoms with Crippen LogP contribution in [-0.2, 0) is 9.47 Å². The Morgan fingerprint density at radius 1 is 1.70 bits per heavy atom. The maximum Gasteiger partial charge on any atom is 0.412 e. The largest absolute Gasteiger partial charge is 0.453 e. The van der Waals surface area contributed by atoms with Crippen LogP contribution in [0.3, 0.4) is 0 Å². The molecule has 0 bridgehead atoms. The number of aromatic nitrogens is 2. The van der Waals surface area contributed by atoms with Gasteiger partial charge in [-0.05, 0) is 6.92 Å². The molecule has 1 aliphatic heterocycles. The van der Waals surface area contributed by atoms with Gasteiger partial charge in [-0.15, -0.1) is 0 Å². The Morgan fingerprint density at radius 3 is 2.95 bits per heavy atom. The Bertz CT molecular complexity index is 576. The molecule has 20 heavy (non-hydrogen) atoms. The third-order valence-corrected chi connectivity index (χ3v) is 2.86. The molecule has 3 unspecified atom stereocenters. The summed E-state index contributed by atoms with van der Waals surface area (Å²) in [6, 6.07) is 0. The highest BCUT2D eigenvalue weighted by Crippen LogP contribution is 2.27. The van der Waals surface area contributed by atoms with Crippen LogP contribution in [0, 0.1) is 5.82 Å². The van der Waals surface area contributed by atoms with Gasteiger partial charge >= 0.3 is 11.8 Å². The molecule has 9 heteroatoms. The first-order valence-corrected chi connectivity index (χ1v) is 5.89. The Labute approximate surface area is 113 Å². The Hall–Kier alpha value is -2.00. The number of hydrogen-bond donors (Lipinski definition) is 2. The maximum atomic E-state index is 13.8. The minimum absolute atomic E-state index is 0.252. The standard InChI is InChI=1S/C11H14FN3O5/c1-5-3-7(16)9(20-5)15-4-6(12)8(13-10(15)17)14-11(18)19-2/h4-5,7,9,16H,3H2,1-2H3,(H,13,14,17,18). The predicted octanol–water partition coefficient (Wildman–Crippen LogP) is 0.229. The van der Waals surface area contributed by atoms with Crippen LogP contribution in [0.4, 0.5) is 15.0 Å². The van der Waals surface area contributed by atoms with Gasteiger partial charge in [0.15, 0.2) is 17.9 Å². The van der Waals surface area contributed by atoms with E-state index in [1.54, 1.807) is 6.92 Å². The molecule has 1 aliphatic rings. The van der Waals surface area contributed by atoms with Crippen LogP contribution in [0.25, 0.3) is 0 Å². The van der Waals surface area contributed by atoms with E-state index in [0.717, 1.165) is 17.9 Å². The first kappa shape index (κ1) is 14.4. The first-order valence-electron chi connectivity index (χ1n) is 5.89. The fourth-order valence-corrected chi connectivity index (χ4v) is 1.95. The number of ether oxygens (including phenoxy) is 2. The SMILES string of the molecule is COC(=O)Nc1nc(=O)n(C2OC(C)CC2O)cc1F. The summed E-state index contributed by atoms with van der Waals surface area (Å²) in [5.41, 5.74) is -0.851. The summed E-state index contributed by atoms with van der Waals surface area (Å²) in [5.74, 6) is -1.48. The van der Waals surface area contributed by atoms with Crippen molar-refractivity contribution in [3.8, 4) is 0 Å². The lowest BCUT2D eigenvalue weighted by Gasteiger charge is -2.17. The Morgan fingerprint density at radius 2 is 2.40 bits per heavy atom. The number of anilines is 1. The molecule has 0 aliphatic carbocycles. The van der Waals surface area contributed by atoms with E-state index in [-0.39, 0.29) is 6.10 Å². The van der Waals surface area contributed by atoms with Gasteiger partial charge in [0.05, 0.1) is 19.4 Å². The lowest BCUT2D eigenvalue weighted by molar-refractivity contribution is -0.0352. The fraction of sp³-hybridized carbons (Fsp3) is 0.545. The number of rotatable bonds is 2. The number of amides is 1. The van der Waals surface area contributed by atoms with Crippen LogP contribution in [0.2, 0.25) is 0 Å². The van der Waals surface area contributed by atoms with Crippen LogP contribution in [-0.4, -0.2) is 40.1 Å². The number of carbonyl (C=O) groups excluding carboxylic acids is 1. The van der Waals surface area contributed by atoms with E-state index in [2.05, 4.69) is 9.72 Å². The van der Waals surface area contributed by atoms with E-state index in [0.29, 0.717) is 6.42 Å². The molecule has 2 rings (SSSR count). The molecule has 0 radical (unpaired) electrons. The quantitative estimate of drug-likeness (QED) is 0.807. The number of aliphatic hydroxyl groups excluding tert-OH is 1. The molecule has 110 valence electrons. The van der Waals surface area contributed by atoms with E-state index in [4.69, 9.17) is 4.74 Å².